The van der Waals surface area contributed by atoms with E-state index in [9.17, 15) is 14.7 Å². The van der Waals surface area contributed by atoms with Crippen LogP contribution in [0, 0.1) is 6.92 Å². The number of ether oxygens (including phenoxy) is 1. The molecule has 0 atom stereocenters. The largest absolute Gasteiger partial charge is 0.490 e. The minimum absolute atomic E-state index is 0.0347. The number of carbonyl (C=O) groups is 2. The normalized spacial score (nSPS) is 14.9. The summed E-state index contributed by atoms with van der Waals surface area (Å²) in [5.74, 6) is -0.179. The molecule has 5 nitrogen and oxygen atoms in total. The second-order valence-corrected chi connectivity index (χ2v) is 6.65. The summed E-state index contributed by atoms with van der Waals surface area (Å²) in [5.41, 5.74) is 1.95. The van der Waals surface area contributed by atoms with E-state index in [1.54, 1.807) is 23.1 Å². The smallest absolute Gasteiger partial charge is 0.335 e. The lowest BCUT2D eigenvalue weighted by Gasteiger charge is -2.32. The Bertz CT molecular complexity index is 777. The van der Waals surface area contributed by atoms with Gasteiger partial charge in [-0.2, -0.15) is 0 Å². The van der Waals surface area contributed by atoms with Gasteiger partial charge < -0.3 is 14.7 Å². The molecule has 0 saturated carbocycles. The highest BCUT2D eigenvalue weighted by atomic mass is 16.5. The molecule has 0 radical (unpaired) electrons. The number of amides is 1. The summed E-state index contributed by atoms with van der Waals surface area (Å²) >= 11 is 0. The Morgan fingerprint density at radius 2 is 1.73 bits per heavy atom. The maximum atomic E-state index is 12.5. The molecule has 1 N–H and O–H groups in total. The van der Waals surface area contributed by atoms with Gasteiger partial charge in [-0.1, -0.05) is 35.9 Å². The van der Waals surface area contributed by atoms with Crippen molar-refractivity contribution in [2.24, 2.45) is 0 Å². The minimum Gasteiger partial charge on any atom is -0.490 e. The van der Waals surface area contributed by atoms with Gasteiger partial charge in [-0.25, -0.2) is 4.79 Å². The number of hydrogen-bond donors (Lipinski definition) is 1. The molecule has 0 spiro atoms. The van der Waals surface area contributed by atoms with Crippen molar-refractivity contribution in [3.8, 4) is 5.75 Å². The van der Waals surface area contributed by atoms with Gasteiger partial charge in [-0.05, 0) is 30.7 Å². The third kappa shape index (κ3) is 4.42. The Labute approximate surface area is 153 Å². The van der Waals surface area contributed by atoms with Gasteiger partial charge in [0.1, 0.15) is 11.9 Å². The highest BCUT2D eigenvalue weighted by molar-refractivity contribution is 5.91. The molecule has 2 aromatic rings. The lowest BCUT2D eigenvalue weighted by Crippen LogP contribution is -2.42. The standard InChI is InChI=1S/C21H23NO4/c1-15-6-8-17(9-7-15)26-18-10-12-22(13-11-18)20(23)14-16-4-2-3-5-19(16)21(24)25/h2-9,18H,10-14H2,1H3,(H,24,25). The molecule has 1 amide bonds. The van der Waals surface area contributed by atoms with Crippen LogP contribution in [0.3, 0.4) is 0 Å². The highest BCUT2D eigenvalue weighted by Gasteiger charge is 2.24. The van der Waals surface area contributed by atoms with Crippen molar-refractivity contribution < 1.29 is 19.4 Å². The van der Waals surface area contributed by atoms with Gasteiger partial charge in [0, 0.05) is 25.9 Å². The molecule has 5 heteroatoms. The summed E-state index contributed by atoms with van der Waals surface area (Å²) in [4.78, 5) is 25.6. The first-order valence-corrected chi connectivity index (χ1v) is 8.85. The number of benzene rings is 2. The number of rotatable bonds is 5. The lowest BCUT2D eigenvalue weighted by molar-refractivity contribution is -0.132. The molecule has 0 unspecified atom stereocenters. The Hall–Kier alpha value is -2.82. The van der Waals surface area contributed by atoms with Crippen LogP contribution >= 0.6 is 0 Å². The molecule has 1 aliphatic rings. The van der Waals surface area contributed by atoms with Crippen LogP contribution in [0.1, 0.15) is 34.3 Å². The van der Waals surface area contributed by atoms with Crippen LogP contribution in [-0.4, -0.2) is 41.1 Å². The molecular formula is C21H23NO4. The van der Waals surface area contributed by atoms with Gasteiger partial charge in [-0.15, -0.1) is 0 Å². The summed E-state index contributed by atoms with van der Waals surface area (Å²) < 4.78 is 5.99. The first-order chi connectivity index (χ1) is 12.5. The zero-order valence-electron chi connectivity index (χ0n) is 14.9. The fourth-order valence-electron chi connectivity index (χ4n) is 3.19. The van der Waals surface area contributed by atoms with E-state index >= 15 is 0 Å². The third-order valence-corrected chi connectivity index (χ3v) is 4.71. The predicted octanol–water partition coefficient (Wildman–Crippen LogP) is 3.31. The summed E-state index contributed by atoms with van der Waals surface area (Å²) in [6.45, 7) is 3.30. The molecule has 136 valence electrons. The molecule has 0 aromatic heterocycles. The minimum atomic E-state index is -1.00. The van der Waals surface area contributed by atoms with Crippen LogP contribution in [-0.2, 0) is 11.2 Å². The summed E-state index contributed by atoms with van der Waals surface area (Å²) in [5, 5.41) is 9.24. The van der Waals surface area contributed by atoms with E-state index in [0.717, 1.165) is 18.6 Å². The fraction of sp³-hybridized carbons (Fsp3) is 0.333. The van der Waals surface area contributed by atoms with Crippen LogP contribution in [0.15, 0.2) is 48.5 Å². The van der Waals surface area contributed by atoms with E-state index in [-0.39, 0.29) is 24.0 Å². The van der Waals surface area contributed by atoms with E-state index in [0.29, 0.717) is 18.7 Å². The molecule has 0 aliphatic carbocycles. The van der Waals surface area contributed by atoms with Crippen molar-refractivity contribution >= 4 is 11.9 Å². The number of aryl methyl sites for hydroxylation is 1. The molecule has 1 aliphatic heterocycles. The fourth-order valence-corrected chi connectivity index (χ4v) is 3.19. The van der Waals surface area contributed by atoms with E-state index in [1.807, 2.05) is 31.2 Å². The van der Waals surface area contributed by atoms with Gasteiger partial charge in [0.2, 0.25) is 5.91 Å². The zero-order valence-corrected chi connectivity index (χ0v) is 14.9. The topological polar surface area (TPSA) is 66.8 Å². The number of likely N-dealkylation sites (tertiary alicyclic amines) is 1. The lowest BCUT2D eigenvalue weighted by atomic mass is 10.0. The van der Waals surface area contributed by atoms with Crippen molar-refractivity contribution in [3.63, 3.8) is 0 Å². The van der Waals surface area contributed by atoms with Crippen LogP contribution in [0.5, 0.6) is 5.75 Å². The second-order valence-electron chi connectivity index (χ2n) is 6.65. The molecule has 1 saturated heterocycles. The first kappa shape index (κ1) is 18.0. The van der Waals surface area contributed by atoms with Gasteiger partial charge in [0.25, 0.3) is 0 Å². The number of nitrogens with zero attached hydrogens (tertiary/aromatic N) is 1. The van der Waals surface area contributed by atoms with Crippen molar-refractivity contribution in [2.45, 2.75) is 32.3 Å². The number of hydrogen-bond acceptors (Lipinski definition) is 3. The quantitative estimate of drug-likeness (QED) is 0.896. The monoisotopic (exact) mass is 353 g/mol. The number of piperidine rings is 1. The number of carbonyl (C=O) groups excluding carboxylic acids is 1. The number of aromatic carboxylic acids is 1. The highest BCUT2D eigenvalue weighted by Crippen LogP contribution is 2.20. The Kier molecular flexibility index (Phi) is 5.56. The predicted molar refractivity (Wildman–Crippen MR) is 98.5 cm³/mol. The molecule has 26 heavy (non-hydrogen) atoms. The molecule has 1 heterocycles. The van der Waals surface area contributed by atoms with Crippen LogP contribution < -0.4 is 4.74 Å². The van der Waals surface area contributed by atoms with E-state index in [2.05, 4.69) is 0 Å². The second kappa shape index (κ2) is 8.04. The van der Waals surface area contributed by atoms with E-state index in [1.165, 1.54) is 11.6 Å². The van der Waals surface area contributed by atoms with E-state index < -0.39 is 5.97 Å². The Morgan fingerprint density at radius 3 is 2.38 bits per heavy atom. The Morgan fingerprint density at radius 1 is 1.08 bits per heavy atom. The summed E-state index contributed by atoms with van der Waals surface area (Å²) in [6, 6.07) is 14.6. The maximum Gasteiger partial charge on any atom is 0.335 e. The SMILES string of the molecule is Cc1ccc(OC2CCN(C(=O)Cc3ccccc3C(=O)O)CC2)cc1. The van der Waals surface area contributed by atoms with Gasteiger partial charge in [0.05, 0.1) is 12.0 Å². The van der Waals surface area contributed by atoms with Crippen LogP contribution in [0.25, 0.3) is 0 Å². The maximum absolute atomic E-state index is 12.5. The van der Waals surface area contributed by atoms with Crippen molar-refractivity contribution in [3.05, 3.63) is 65.2 Å². The average Bonchev–Trinajstić information content (AvgIpc) is 2.64. The van der Waals surface area contributed by atoms with Crippen LogP contribution in [0.4, 0.5) is 0 Å². The van der Waals surface area contributed by atoms with Crippen molar-refractivity contribution in [1.29, 1.82) is 0 Å². The molecule has 1 fully saturated rings. The van der Waals surface area contributed by atoms with Crippen molar-refractivity contribution in [2.75, 3.05) is 13.1 Å². The molecule has 0 bridgehead atoms. The molecule has 3 rings (SSSR count). The van der Waals surface area contributed by atoms with Crippen molar-refractivity contribution in [1.82, 2.24) is 4.90 Å². The van der Waals surface area contributed by atoms with Gasteiger partial charge in [-0.3, -0.25) is 4.79 Å². The van der Waals surface area contributed by atoms with E-state index in [4.69, 9.17) is 4.74 Å². The average molecular weight is 353 g/mol. The van der Waals surface area contributed by atoms with Crippen LogP contribution in [0.2, 0.25) is 0 Å². The summed E-state index contributed by atoms with van der Waals surface area (Å²) in [7, 11) is 0. The number of carboxylic acids is 1. The number of carboxylic acid groups (broad SMARTS) is 1. The molecule has 2 aromatic carbocycles. The Balaban J connectivity index is 1.54. The third-order valence-electron chi connectivity index (χ3n) is 4.71. The van der Waals surface area contributed by atoms with Gasteiger partial charge in [0.15, 0.2) is 0 Å². The zero-order chi connectivity index (χ0) is 18.5. The van der Waals surface area contributed by atoms with Gasteiger partial charge >= 0.3 is 5.97 Å². The summed E-state index contributed by atoms with van der Waals surface area (Å²) in [6.07, 6.45) is 1.78. The molecular weight excluding hydrogens is 330 g/mol. The first-order valence-electron chi connectivity index (χ1n) is 8.85.